The lowest BCUT2D eigenvalue weighted by Crippen LogP contribution is -2.46. The summed E-state index contributed by atoms with van der Waals surface area (Å²) in [4.78, 5) is 3.79. The van der Waals surface area contributed by atoms with Gasteiger partial charge in [0.25, 0.3) is 0 Å². The van der Waals surface area contributed by atoms with Gasteiger partial charge in [-0.15, -0.1) is 0 Å². The fourth-order valence-electron chi connectivity index (χ4n) is 6.59. The molecule has 5 rings (SSSR count). The highest BCUT2D eigenvalue weighted by Gasteiger charge is 2.40. The highest BCUT2D eigenvalue weighted by Crippen LogP contribution is 2.41. The summed E-state index contributed by atoms with van der Waals surface area (Å²) in [7, 11) is 0. The zero-order valence-corrected chi connectivity index (χ0v) is 29.4. The highest BCUT2D eigenvalue weighted by molar-refractivity contribution is 6.31. The molecule has 4 N–H and O–H groups in total. The summed E-state index contributed by atoms with van der Waals surface area (Å²) in [6, 6.07) is 13.5. The third-order valence-electron chi connectivity index (χ3n) is 9.61. The van der Waals surface area contributed by atoms with E-state index in [-0.39, 0.29) is 63.1 Å². The molecule has 2 atom stereocenters. The molecule has 0 amide bonds. The molecule has 286 valence electrons. The number of rotatable bonds is 12. The Kier molecular flexibility index (Phi) is 12.6. The molecule has 2 saturated heterocycles. The number of hydrogen-bond donors (Lipinski definition) is 4. The van der Waals surface area contributed by atoms with Crippen LogP contribution in [0.2, 0.25) is 10.0 Å². The first kappa shape index (κ1) is 40.4. The number of nitrogens with zero attached hydrogens (tertiary/aromatic N) is 2. The Morgan fingerprint density at radius 3 is 1.33 bits per heavy atom. The Bertz CT molecular complexity index is 1550. The van der Waals surface area contributed by atoms with Gasteiger partial charge in [-0.25, -0.2) is 0 Å². The minimum absolute atomic E-state index is 0.0617. The van der Waals surface area contributed by atoms with Gasteiger partial charge in [0.15, 0.2) is 0 Å². The monoisotopic (exact) mass is 780 g/mol. The number of benzene rings is 3. The van der Waals surface area contributed by atoms with E-state index in [2.05, 4.69) is 0 Å². The predicted octanol–water partition coefficient (Wildman–Crippen LogP) is 6.48. The van der Waals surface area contributed by atoms with Gasteiger partial charge < -0.3 is 39.7 Å². The van der Waals surface area contributed by atoms with Gasteiger partial charge in [0.2, 0.25) is 0 Å². The average molecular weight is 782 g/mol. The summed E-state index contributed by atoms with van der Waals surface area (Å²) >= 11 is 11.5. The molecule has 3 aromatic rings. The zero-order valence-electron chi connectivity index (χ0n) is 27.9. The van der Waals surface area contributed by atoms with Crippen LogP contribution in [0.4, 0.5) is 26.3 Å². The van der Waals surface area contributed by atoms with Crippen molar-refractivity contribution < 1.29 is 56.2 Å². The van der Waals surface area contributed by atoms with Crippen molar-refractivity contribution in [1.82, 2.24) is 9.80 Å². The van der Waals surface area contributed by atoms with Gasteiger partial charge in [0.1, 0.15) is 36.9 Å². The fraction of sp³-hybridized carbons (Fsp3) is 0.500. The number of piperidine rings is 2. The van der Waals surface area contributed by atoms with Crippen LogP contribution >= 0.6 is 23.2 Å². The van der Waals surface area contributed by atoms with Crippen molar-refractivity contribution in [3.63, 3.8) is 0 Å². The maximum Gasteiger partial charge on any atom is 0.417 e. The van der Waals surface area contributed by atoms with E-state index < -0.39 is 56.9 Å². The zero-order chi connectivity index (χ0) is 37.9. The van der Waals surface area contributed by atoms with Gasteiger partial charge in [-0.2, -0.15) is 26.3 Å². The van der Waals surface area contributed by atoms with Crippen molar-refractivity contribution in [3.05, 3.63) is 93.0 Å². The van der Waals surface area contributed by atoms with Crippen LogP contribution in [0.15, 0.2) is 60.7 Å². The number of aliphatic hydroxyl groups excluding tert-OH is 2. The molecule has 2 unspecified atom stereocenters. The third kappa shape index (κ3) is 10.2. The smallest absolute Gasteiger partial charge is 0.417 e. The molecule has 52 heavy (non-hydrogen) atoms. The van der Waals surface area contributed by atoms with Gasteiger partial charge >= 0.3 is 12.4 Å². The van der Waals surface area contributed by atoms with Crippen LogP contribution in [0, 0.1) is 0 Å². The van der Waals surface area contributed by atoms with Crippen molar-refractivity contribution >= 4 is 23.2 Å². The molecule has 0 aliphatic carbocycles. The molecule has 0 spiro atoms. The molecular formula is C36H40Cl2F6N2O6. The molecule has 2 aliphatic heterocycles. The van der Waals surface area contributed by atoms with E-state index in [1.54, 1.807) is 24.3 Å². The van der Waals surface area contributed by atoms with Crippen LogP contribution in [-0.2, 0) is 23.6 Å². The molecule has 2 fully saturated rings. The Morgan fingerprint density at radius 2 is 0.981 bits per heavy atom. The van der Waals surface area contributed by atoms with Crippen molar-refractivity contribution in [2.75, 3.05) is 52.5 Å². The number of hydrogen-bond acceptors (Lipinski definition) is 8. The summed E-state index contributed by atoms with van der Waals surface area (Å²) in [5.41, 5.74) is -4.62. The van der Waals surface area contributed by atoms with E-state index in [1.165, 1.54) is 12.1 Å². The van der Waals surface area contributed by atoms with Gasteiger partial charge in [-0.3, -0.25) is 0 Å². The molecule has 0 saturated carbocycles. The molecule has 16 heteroatoms. The van der Waals surface area contributed by atoms with Gasteiger partial charge in [0, 0.05) is 45.3 Å². The second-order valence-electron chi connectivity index (χ2n) is 13.5. The summed E-state index contributed by atoms with van der Waals surface area (Å²) in [5, 5.41) is 42.6. The van der Waals surface area contributed by atoms with E-state index in [0.717, 1.165) is 24.3 Å². The van der Waals surface area contributed by atoms with Crippen molar-refractivity contribution in [1.29, 1.82) is 0 Å². The molecular weight excluding hydrogens is 741 g/mol. The minimum Gasteiger partial charge on any atom is -0.491 e. The molecule has 8 nitrogen and oxygen atoms in total. The summed E-state index contributed by atoms with van der Waals surface area (Å²) in [6.45, 7) is 1.67. The second kappa shape index (κ2) is 16.3. The van der Waals surface area contributed by atoms with E-state index in [1.807, 2.05) is 9.80 Å². The Labute approximate surface area is 307 Å². The lowest BCUT2D eigenvalue weighted by Gasteiger charge is -2.39. The minimum atomic E-state index is -4.65. The maximum absolute atomic E-state index is 13.3. The molecule has 0 aromatic heterocycles. The summed E-state index contributed by atoms with van der Waals surface area (Å²) < 4.78 is 91.5. The summed E-state index contributed by atoms with van der Waals surface area (Å²) in [6.07, 6.45) is -10.4. The molecule has 3 aromatic carbocycles. The van der Waals surface area contributed by atoms with Gasteiger partial charge in [-0.1, -0.05) is 41.4 Å². The molecule has 0 radical (unpaired) electrons. The SMILES string of the molecule is OC(COc1cccc(OCC(O)CN2CCC(O)(c3ccc(Cl)c(C(F)(F)F)c3)CC2)c1)CN1CCC(O)(c2ccc(Cl)c(C(F)(F)F)c2)CC1. The molecule has 0 bridgehead atoms. The molecule has 2 heterocycles. The Hall–Kier alpha value is -2.82. The van der Waals surface area contributed by atoms with Crippen LogP contribution in [0.25, 0.3) is 0 Å². The van der Waals surface area contributed by atoms with E-state index >= 15 is 0 Å². The number of aliphatic hydroxyl groups is 4. The Balaban J connectivity index is 1.03. The Morgan fingerprint density at radius 1 is 0.615 bits per heavy atom. The van der Waals surface area contributed by atoms with Crippen molar-refractivity contribution in [3.8, 4) is 11.5 Å². The van der Waals surface area contributed by atoms with Crippen molar-refractivity contribution in [2.24, 2.45) is 0 Å². The van der Waals surface area contributed by atoms with E-state index in [9.17, 15) is 46.8 Å². The standard InChI is InChI=1S/C36H40Cl2F6N2O6/c37-31-6-4-23(16-29(31)35(39,40)41)33(49)8-12-45(13-9-33)19-25(47)21-51-27-2-1-3-28(18-27)52-22-26(48)20-46-14-10-34(50,11-15-46)24-5-7-32(38)30(17-24)36(42,43)44/h1-7,16-18,25-26,47-50H,8-15,19-22H2. The maximum atomic E-state index is 13.3. The van der Waals surface area contributed by atoms with Crippen LogP contribution < -0.4 is 9.47 Å². The van der Waals surface area contributed by atoms with E-state index in [0.29, 0.717) is 37.7 Å². The highest BCUT2D eigenvalue weighted by atomic mass is 35.5. The predicted molar refractivity (Wildman–Crippen MR) is 181 cm³/mol. The first-order valence-electron chi connectivity index (χ1n) is 16.7. The van der Waals surface area contributed by atoms with Crippen LogP contribution in [0.1, 0.15) is 47.9 Å². The fourth-order valence-corrected chi connectivity index (χ4v) is 7.04. The normalized spacial score (nSPS) is 19.6. The van der Waals surface area contributed by atoms with Crippen LogP contribution in [-0.4, -0.2) is 94.9 Å². The number of β-amino-alcohol motifs (C(OH)–C–C–N with tert-alkyl or cyclic N) is 2. The largest absolute Gasteiger partial charge is 0.491 e. The topological polar surface area (TPSA) is 106 Å². The average Bonchev–Trinajstić information content (AvgIpc) is 3.08. The summed E-state index contributed by atoms with van der Waals surface area (Å²) in [5.74, 6) is 0.821. The van der Waals surface area contributed by atoms with Gasteiger partial charge in [-0.05, 0) is 73.2 Å². The third-order valence-corrected chi connectivity index (χ3v) is 10.3. The first-order chi connectivity index (χ1) is 24.3. The van der Waals surface area contributed by atoms with Crippen LogP contribution in [0.3, 0.4) is 0 Å². The number of likely N-dealkylation sites (tertiary alicyclic amines) is 2. The van der Waals surface area contributed by atoms with Crippen molar-refractivity contribution in [2.45, 2.75) is 61.4 Å². The van der Waals surface area contributed by atoms with Crippen LogP contribution in [0.5, 0.6) is 11.5 Å². The first-order valence-corrected chi connectivity index (χ1v) is 17.5. The van der Waals surface area contributed by atoms with E-state index in [4.69, 9.17) is 32.7 Å². The quantitative estimate of drug-likeness (QED) is 0.155. The number of halogens is 8. The number of ether oxygens (including phenoxy) is 2. The number of alkyl halides is 6. The second-order valence-corrected chi connectivity index (χ2v) is 14.3. The lowest BCUT2D eigenvalue weighted by molar-refractivity contribution is -0.138. The lowest BCUT2D eigenvalue weighted by atomic mass is 9.83. The van der Waals surface area contributed by atoms with Gasteiger partial charge in [0.05, 0.1) is 32.4 Å². The molecule has 2 aliphatic rings.